The molecule has 0 radical (unpaired) electrons. The predicted molar refractivity (Wildman–Crippen MR) is 102 cm³/mol. The van der Waals surface area contributed by atoms with Gasteiger partial charge in [0.15, 0.2) is 6.61 Å². The second kappa shape index (κ2) is 9.22. The molecule has 0 spiro atoms. The van der Waals surface area contributed by atoms with E-state index in [0.29, 0.717) is 17.3 Å². The van der Waals surface area contributed by atoms with Crippen molar-refractivity contribution >= 4 is 28.8 Å². The second-order valence-electron chi connectivity index (χ2n) is 6.17. The molecule has 25 heavy (non-hydrogen) atoms. The molecule has 1 aliphatic heterocycles. The van der Waals surface area contributed by atoms with Gasteiger partial charge in [0.25, 0.3) is 5.91 Å². The zero-order valence-corrected chi connectivity index (χ0v) is 15.7. The van der Waals surface area contributed by atoms with E-state index < -0.39 is 0 Å². The largest absolute Gasteiger partial charge is 0.484 e. The van der Waals surface area contributed by atoms with Gasteiger partial charge >= 0.3 is 0 Å². The van der Waals surface area contributed by atoms with E-state index in [2.05, 4.69) is 27.7 Å². The van der Waals surface area contributed by atoms with Gasteiger partial charge in [-0.25, -0.2) is 0 Å². The van der Waals surface area contributed by atoms with Gasteiger partial charge in [-0.2, -0.15) is 0 Å². The Balaban J connectivity index is 1.51. The summed E-state index contributed by atoms with van der Waals surface area (Å²) in [5.41, 5.74) is 0. The highest BCUT2D eigenvalue weighted by molar-refractivity contribution is 7.10. The van der Waals surface area contributed by atoms with Crippen molar-refractivity contribution in [1.29, 1.82) is 0 Å². The van der Waals surface area contributed by atoms with Crippen LogP contribution in [-0.4, -0.2) is 37.0 Å². The van der Waals surface area contributed by atoms with Crippen LogP contribution in [0.4, 0.5) is 0 Å². The van der Waals surface area contributed by atoms with Crippen LogP contribution >= 0.6 is 22.9 Å². The molecule has 0 unspecified atom stereocenters. The minimum absolute atomic E-state index is 0.0127. The van der Waals surface area contributed by atoms with Crippen LogP contribution in [0.5, 0.6) is 5.75 Å². The highest BCUT2D eigenvalue weighted by atomic mass is 35.5. The molecule has 0 bridgehead atoms. The summed E-state index contributed by atoms with van der Waals surface area (Å²) >= 11 is 7.59. The number of likely N-dealkylation sites (tertiary alicyclic amines) is 1. The highest BCUT2D eigenvalue weighted by Gasteiger charge is 2.23. The van der Waals surface area contributed by atoms with Gasteiger partial charge in [0, 0.05) is 16.4 Å². The Morgan fingerprint density at radius 1 is 1.20 bits per heavy atom. The van der Waals surface area contributed by atoms with Crippen LogP contribution in [0.15, 0.2) is 41.8 Å². The zero-order chi connectivity index (χ0) is 17.5. The summed E-state index contributed by atoms with van der Waals surface area (Å²) in [4.78, 5) is 16.0. The lowest BCUT2D eigenvalue weighted by atomic mass is 10.1. The second-order valence-corrected chi connectivity index (χ2v) is 7.59. The Morgan fingerprint density at radius 3 is 2.64 bits per heavy atom. The van der Waals surface area contributed by atoms with Crippen LogP contribution in [0.25, 0.3) is 0 Å². The molecule has 1 aromatic heterocycles. The number of hydrogen-bond donors (Lipinski definition) is 1. The molecular formula is C19H23ClN2O2S. The van der Waals surface area contributed by atoms with Crippen molar-refractivity contribution in [1.82, 2.24) is 10.2 Å². The van der Waals surface area contributed by atoms with E-state index in [0.717, 1.165) is 13.1 Å². The fourth-order valence-corrected chi connectivity index (χ4v) is 4.05. The Bertz CT molecular complexity index is 655. The molecular weight excluding hydrogens is 356 g/mol. The third-order valence-electron chi connectivity index (χ3n) is 4.38. The molecule has 0 aliphatic carbocycles. The average molecular weight is 379 g/mol. The van der Waals surface area contributed by atoms with Crippen molar-refractivity contribution in [2.24, 2.45) is 0 Å². The molecule has 1 amide bonds. The molecule has 1 N–H and O–H groups in total. The summed E-state index contributed by atoms with van der Waals surface area (Å²) < 4.78 is 5.51. The molecule has 0 saturated carbocycles. The van der Waals surface area contributed by atoms with Crippen molar-refractivity contribution in [3.63, 3.8) is 0 Å². The fourth-order valence-electron chi connectivity index (χ4n) is 3.06. The van der Waals surface area contributed by atoms with E-state index >= 15 is 0 Å². The van der Waals surface area contributed by atoms with Crippen LogP contribution in [-0.2, 0) is 4.79 Å². The zero-order valence-electron chi connectivity index (χ0n) is 14.1. The molecule has 3 rings (SSSR count). The molecule has 1 fully saturated rings. The lowest BCUT2D eigenvalue weighted by molar-refractivity contribution is -0.123. The first-order valence-corrected chi connectivity index (χ1v) is 9.90. The molecule has 1 atom stereocenters. The quantitative estimate of drug-likeness (QED) is 0.787. The standard InChI is InChI=1S/C19H23ClN2O2S/c20-15-6-8-16(9-7-15)24-14-19(23)21-13-17(18-5-4-12-25-18)22-10-2-1-3-11-22/h4-9,12,17H,1-3,10-11,13-14H2,(H,21,23)/t17-/m1/s1. The number of rotatable bonds is 7. The summed E-state index contributed by atoms with van der Waals surface area (Å²) in [5, 5.41) is 5.77. The number of carbonyl (C=O) groups is 1. The maximum atomic E-state index is 12.2. The first-order valence-electron chi connectivity index (χ1n) is 8.65. The van der Waals surface area contributed by atoms with Crippen LogP contribution in [0, 0.1) is 0 Å². The summed E-state index contributed by atoms with van der Waals surface area (Å²) in [5.74, 6) is 0.541. The Kier molecular flexibility index (Phi) is 6.73. The van der Waals surface area contributed by atoms with Crippen LogP contribution < -0.4 is 10.1 Å². The highest BCUT2D eigenvalue weighted by Crippen LogP contribution is 2.27. The number of halogens is 1. The van der Waals surface area contributed by atoms with Gasteiger partial charge in [0.2, 0.25) is 0 Å². The van der Waals surface area contributed by atoms with Gasteiger partial charge in [-0.1, -0.05) is 24.1 Å². The van der Waals surface area contributed by atoms with Crippen molar-refractivity contribution in [2.45, 2.75) is 25.3 Å². The van der Waals surface area contributed by atoms with Gasteiger partial charge in [-0.05, 0) is 61.6 Å². The summed E-state index contributed by atoms with van der Waals surface area (Å²) in [6, 6.07) is 11.5. The SMILES string of the molecule is O=C(COc1ccc(Cl)cc1)NC[C@H](c1cccs1)N1CCCCC1. The summed E-state index contributed by atoms with van der Waals surface area (Å²) in [7, 11) is 0. The van der Waals surface area contributed by atoms with E-state index in [9.17, 15) is 4.79 Å². The first-order chi connectivity index (χ1) is 12.2. The predicted octanol–water partition coefficient (Wildman–Crippen LogP) is 4.12. The Hall–Kier alpha value is -1.56. The van der Waals surface area contributed by atoms with Crippen molar-refractivity contribution in [3.8, 4) is 5.75 Å². The van der Waals surface area contributed by atoms with E-state index in [4.69, 9.17) is 16.3 Å². The van der Waals surface area contributed by atoms with Gasteiger partial charge in [0.05, 0.1) is 6.04 Å². The number of piperidine rings is 1. The van der Waals surface area contributed by atoms with E-state index in [-0.39, 0.29) is 18.6 Å². The molecule has 1 aromatic carbocycles. The lowest BCUT2D eigenvalue weighted by Gasteiger charge is -2.34. The Morgan fingerprint density at radius 2 is 1.96 bits per heavy atom. The van der Waals surface area contributed by atoms with Crippen LogP contribution in [0.3, 0.4) is 0 Å². The van der Waals surface area contributed by atoms with Crippen molar-refractivity contribution < 1.29 is 9.53 Å². The van der Waals surface area contributed by atoms with Crippen molar-refractivity contribution in [2.75, 3.05) is 26.2 Å². The monoisotopic (exact) mass is 378 g/mol. The normalized spacial score (nSPS) is 16.4. The maximum absolute atomic E-state index is 12.2. The fraction of sp³-hybridized carbons (Fsp3) is 0.421. The van der Waals surface area contributed by atoms with Crippen molar-refractivity contribution in [3.05, 3.63) is 51.7 Å². The minimum Gasteiger partial charge on any atom is -0.484 e. The molecule has 134 valence electrons. The third-order valence-corrected chi connectivity index (χ3v) is 5.60. The number of hydrogen-bond acceptors (Lipinski definition) is 4. The summed E-state index contributed by atoms with van der Waals surface area (Å²) in [6.07, 6.45) is 3.76. The number of ether oxygens (including phenoxy) is 1. The number of carbonyl (C=O) groups excluding carboxylic acids is 1. The third kappa shape index (κ3) is 5.46. The summed E-state index contributed by atoms with van der Waals surface area (Å²) in [6.45, 7) is 2.82. The number of benzene rings is 1. The molecule has 2 aromatic rings. The van der Waals surface area contributed by atoms with Gasteiger partial charge < -0.3 is 10.1 Å². The average Bonchev–Trinajstić information content (AvgIpc) is 3.17. The van der Waals surface area contributed by atoms with E-state index in [1.807, 2.05) is 0 Å². The van der Waals surface area contributed by atoms with Crippen LogP contribution in [0.1, 0.15) is 30.2 Å². The van der Waals surface area contributed by atoms with E-state index in [1.54, 1.807) is 35.6 Å². The molecule has 2 heterocycles. The molecule has 4 nitrogen and oxygen atoms in total. The molecule has 6 heteroatoms. The van der Waals surface area contributed by atoms with E-state index in [1.165, 1.54) is 24.1 Å². The first kappa shape index (κ1) is 18.2. The van der Waals surface area contributed by atoms with Gasteiger partial charge in [-0.3, -0.25) is 9.69 Å². The molecule has 1 saturated heterocycles. The maximum Gasteiger partial charge on any atom is 0.258 e. The topological polar surface area (TPSA) is 41.6 Å². The number of nitrogens with one attached hydrogen (secondary N) is 1. The number of amides is 1. The van der Waals surface area contributed by atoms with Gasteiger partial charge in [0.1, 0.15) is 5.75 Å². The minimum atomic E-state index is -0.103. The Labute approximate surface area is 157 Å². The smallest absolute Gasteiger partial charge is 0.258 e. The lowest BCUT2D eigenvalue weighted by Crippen LogP contribution is -2.41. The van der Waals surface area contributed by atoms with Crippen LogP contribution in [0.2, 0.25) is 5.02 Å². The number of nitrogens with zero attached hydrogens (tertiary/aromatic N) is 1. The number of thiophene rings is 1. The molecule has 1 aliphatic rings. The van der Waals surface area contributed by atoms with Gasteiger partial charge in [-0.15, -0.1) is 11.3 Å².